The van der Waals surface area contributed by atoms with E-state index in [0.29, 0.717) is 11.3 Å². The minimum atomic E-state index is -1.03. The standard InChI is InChI=1S/C11H9BrN2O3/c12-8-2-1-7(6-13)9(5-8)14-10(15)3-4-11(16)17/h1-2,5H,3-4H2,(H,14,15)(H,16,17). The third kappa shape index (κ3) is 4.25. The van der Waals surface area contributed by atoms with Crippen LogP contribution in [-0.4, -0.2) is 17.0 Å². The zero-order chi connectivity index (χ0) is 12.8. The summed E-state index contributed by atoms with van der Waals surface area (Å²) in [6, 6.07) is 6.79. The zero-order valence-electron chi connectivity index (χ0n) is 8.74. The van der Waals surface area contributed by atoms with E-state index < -0.39 is 11.9 Å². The first-order chi connectivity index (χ1) is 8.02. The molecule has 1 aromatic rings. The maximum atomic E-state index is 11.4. The van der Waals surface area contributed by atoms with Crippen LogP contribution >= 0.6 is 15.9 Å². The Labute approximate surface area is 106 Å². The number of hydrogen-bond acceptors (Lipinski definition) is 3. The highest BCUT2D eigenvalue weighted by Crippen LogP contribution is 2.21. The lowest BCUT2D eigenvalue weighted by molar-refractivity contribution is -0.138. The maximum absolute atomic E-state index is 11.4. The average molecular weight is 297 g/mol. The van der Waals surface area contributed by atoms with E-state index in [1.165, 1.54) is 0 Å². The van der Waals surface area contributed by atoms with Gasteiger partial charge >= 0.3 is 5.97 Å². The van der Waals surface area contributed by atoms with Gasteiger partial charge in [0, 0.05) is 10.9 Å². The molecular weight excluding hydrogens is 288 g/mol. The van der Waals surface area contributed by atoms with Crippen molar-refractivity contribution in [2.45, 2.75) is 12.8 Å². The molecule has 6 heteroatoms. The molecule has 0 atom stereocenters. The van der Waals surface area contributed by atoms with E-state index in [1.54, 1.807) is 18.2 Å². The number of rotatable bonds is 4. The Bertz CT molecular complexity index is 494. The van der Waals surface area contributed by atoms with Crippen LogP contribution in [0.4, 0.5) is 5.69 Å². The van der Waals surface area contributed by atoms with Crippen LogP contribution in [-0.2, 0) is 9.59 Å². The van der Waals surface area contributed by atoms with Gasteiger partial charge in [0.1, 0.15) is 6.07 Å². The lowest BCUT2D eigenvalue weighted by Gasteiger charge is -2.06. The van der Waals surface area contributed by atoms with Gasteiger partial charge in [-0.25, -0.2) is 0 Å². The number of hydrogen-bond donors (Lipinski definition) is 2. The van der Waals surface area contributed by atoms with E-state index in [-0.39, 0.29) is 12.8 Å². The minimum Gasteiger partial charge on any atom is -0.481 e. The number of nitrogens with zero attached hydrogens (tertiary/aromatic N) is 1. The van der Waals surface area contributed by atoms with Gasteiger partial charge in [0.25, 0.3) is 0 Å². The second kappa shape index (κ2) is 6.01. The first kappa shape index (κ1) is 13.2. The molecule has 0 unspecified atom stereocenters. The summed E-state index contributed by atoms with van der Waals surface area (Å²) in [5.41, 5.74) is 0.703. The molecule has 0 aliphatic heterocycles. The van der Waals surface area contributed by atoms with Gasteiger partial charge in [0.2, 0.25) is 5.91 Å². The molecule has 0 spiro atoms. The van der Waals surface area contributed by atoms with Crippen LogP contribution in [0.5, 0.6) is 0 Å². The van der Waals surface area contributed by atoms with Gasteiger partial charge in [0.15, 0.2) is 0 Å². The normalized spacial score (nSPS) is 9.41. The molecule has 0 saturated carbocycles. The topological polar surface area (TPSA) is 90.2 Å². The Morgan fingerprint density at radius 1 is 1.41 bits per heavy atom. The second-order valence-electron chi connectivity index (χ2n) is 3.24. The summed E-state index contributed by atoms with van der Waals surface area (Å²) in [6.07, 6.45) is -0.353. The summed E-state index contributed by atoms with van der Waals surface area (Å²) < 4.78 is 0.727. The molecule has 0 aliphatic rings. The zero-order valence-corrected chi connectivity index (χ0v) is 10.3. The Hall–Kier alpha value is -1.87. The number of nitriles is 1. The van der Waals surface area contributed by atoms with Crippen LogP contribution in [0, 0.1) is 11.3 Å². The lowest BCUT2D eigenvalue weighted by atomic mass is 10.2. The van der Waals surface area contributed by atoms with E-state index in [9.17, 15) is 9.59 Å². The van der Waals surface area contributed by atoms with E-state index >= 15 is 0 Å². The van der Waals surface area contributed by atoms with Gasteiger partial charge in [-0.05, 0) is 18.2 Å². The first-order valence-electron chi connectivity index (χ1n) is 4.74. The lowest BCUT2D eigenvalue weighted by Crippen LogP contribution is -2.14. The number of aliphatic carboxylic acids is 1. The van der Waals surface area contributed by atoms with E-state index in [4.69, 9.17) is 10.4 Å². The molecule has 1 aromatic carbocycles. The molecule has 0 aromatic heterocycles. The predicted octanol–water partition coefficient (Wildman–Crippen LogP) is 2.12. The summed E-state index contributed by atoms with van der Waals surface area (Å²) in [4.78, 5) is 21.7. The second-order valence-corrected chi connectivity index (χ2v) is 4.16. The van der Waals surface area contributed by atoms with Crippen molar-refractivity contribution in [1.82, 2.24) is 0 Å². The highest BCUT2D eigenvalue weighted by molar-refractivity contribution is 9.10. The Morgan fingerprint density at radius 3 is 2.71 bits per heavy atom. The molecule has 1 rings (SSSR count). The summed E-state index contributed by atoms with van der Waals surface area (Å²) in [5, 5.41) is 19.8. The van der Waals surface area contributed by atoms with Gasteiger partial charge in [-0.15, -0.1) is 0 Å². The number of halogens is 1. The molecule has 2 N–H and O–H groups in total. The fourth-order valence-corrected chi connectivity index (χ4v) is 1.51. The van der Waals surface area contributed by atoms with Crippen molar-refractivity contribution < 1.29 is 14.7 Å². The largest absolute Gasteiger partial charge is 0.481 e. The number of benzene rings is 1. The molecule has 17 heavy (non-hydrogen) atoms. The summed E-state index contributed by atoms with van der Waals surface area (Å²) in [7, 11) is 0. The highest BCUT2D eigenvalue weighted by atomic mass is 79.9. The van der Waals surface area contributed by atoms with Gasteiger partial charge in [-0.3, -0.25) is 9.59 Å². The van der Waals surface area contributed by atoms with Crippen LogP contribution in [0.3, 0.4) is 0 Å². The fourth-order valence-electron chi connectivity index (χ4n) is 1.15. The summed E-state index contributed by atoms with van der Waals surface area (Å²) in [6.45, 7) is 0. The quantitative estimate of drug-likeness (QED) is 0.890. The molecular formula is C11H9BrN2O3. The van der Waals surface area contributed by atoms with Gasteiger partial charge < -0.3 is 10.4 Å². The van der Waals surface area contributed by atoms with Crippen molar-refractivity contribution in [3.05, 3.63) is 28.2 Å². The Kier molecular flexibility index (Phi) is 4.67. The molecule has 0 aliphatic carbocycles. The average Bonchev–Trinajstić information content (AvgIpc) is 2.27. The monoisotopic (exact) mass is 296 g/mol. The van der Waals surface area contributed by atoms with Crippen LogP contribution in [0.1, 0.15) is 18.4 Å². The molecule has 0 fully saturated rings. The molecule has 88 valence electrons. The van der Waals surface area contributed by atoms with Crippen LogP contribution in [0.2, 0.25) is 0 Å². The molecule has 0 bridgehead atoms. The van der Waals surface area contributed by atoms with Gasteiger partial charge in [-0.2, -0.15) is 5.26 Å². The minimum absolute atomic E-state index is 0.118. The fraction of sp³-hybridized carbons (Fsp3) is 0.182. The first-order valence-corrected chi connectivity index (χ1v) is 5.53. The molecule has 5 nitrogen and oxygen atoms in total. The smallest absolute Gasteiger partial charge is 0.303 e. The van der Waals surface area contributed by atoms with Crippen molar-refractivity contribution in [3.8, 4) is 6.07 Å². The van der Waals surface area contributed by atoms with Crippen LogP contribution < -0.4 is 5.32 Å². The third-order valence-corrected chi connectivity index (χ3v) is 2.44. The number of carboxylic acids is 1. The van der Waals surface area contributed by atoms with Crippen molar-refractivity contribution in [2.24, 2.45) is 0 Å². The number of carbonyl (C=O) groups excluding carboxylic acids is 1. The summed E-state index contributed by atoms with van der Waals surface area (Å²) in [5.74, 6) is -1.46. The molecule has 1 amide bonds. The van der Waals surface area contributed by atoms with Gasteiger partial charge in [0.05, 0.1) is 17.7 Å². The highest BCUT2D eigenvalue weighted by Gasteiger charge is 2.09. The number of nitrogens with one attached hydrogen (secondary N) is 1. The van der Waals surface area contributed by atoms with Crippen molar-refractivity contribution in [3.63, 3.8) is 0 Å². The number of carbonyl (C=O) groups is 2. The third-order valence-electron chi connectivity index (χ3n) is 1.94. The van der Waals surface area contributed by atoms with Crippen molar-refractivity contribution in [1.29, 1.82) is 5.26 Å². The Balaban J connectivity index is 2.74. The Morgan fingerprint density at radius 2 is 2.12 bits per heavy atom. The molecule has 0 radical (unpaired) electrons. The number of amides is 1. The van der Waals surface area contributed by atoms with E-state index in [0.717, 1.165) is 4.47 Å². The molecule has 0 heterocycles. The molecule has 0 saturated heterocycles. The van der Waals surface area contributed by atoms with Crippen molar-refractivity contribution in [2.75, 3.05) is 5.32 Å². The maximum Gasteiger partial charge on any atom is 0.303 e. The SMILES string of the molecule is N#Cc1ccc(Br)cc1NC(=O)CCC(=O)O. The van der Waals surface area contributed by atoms with E-state index in [2.05, 4.69) is 21.2 Å². The van der Waals surface area contributed by atoms with Gasteiger partial charge in [-0.1, -0.05) is 15.9 Å². The number of carboxylic acid groups (broad SMARTS) is 1. The van der Waals surface area contributed by atoms with Crippen molar-refractivity contribution >= 4 is 33.5 Å². The van der Waals surface area contributed by atoms with E-state index in [1.807, 2.05) is 6.07 Å². The summed E-state index contributed by atoms with van der Waals surface area (Å²) >= 11 is 3.22. The van der Waals surface area contributed by atoms with Crippen LogP contribution in [0.15, 0.2) is 22.7 Å². The predicted molar refractivity (Wildman–Crippen MR) is 64.4 cm³/mol. The number of anilines is 1. The van der Waals surface area contributed by atoms with Crippen LogP contribution in [0.25, 0.3) is 0 Å².